The van der Waals surface area contributed by atoms with Crippen molar-refractivity contribution in [2.75, 3.05) is 6.54 Å². The lowest BCUT2D eigenvalue weighted by molar-refractivity contribution is -0.109. The molecule has 0 heterocycles. The number of nitrogens with one attached hydrogen (secondary N) is 1. The first-order valence-corrected chi connectivity index (χ1v) is 4.10. The molecule has 1 saturated carbocycles. The van der Waals surface area contributed by atoms with Crippen molar-refractivity contribution in [1.29, 1.82) is 0 Å². The molecule has 0 radical (unpaired) electrons. The van der Waals surface area contributed by atoms with Crippen molar-refractivity contribution in [3.05, 3.63) is 0 Å². The SMILES string of the molecule is O=CNCCC1CCCC1. The Morgan fingerprint density at radius 3 is 2.70 bits per heavy atom. The maximum absolute atomic E-state index is 9.87. The second kappa shape index (κ2) is 4.31. The zero-order chi connectivity index (χ0) is 7.23. The summed E-state index contributed by atoms with van der Waals surface area (Å²) in [5.74, 6) is 0.896. The van der Waals surface area contributed by atoms with Crippen LogP contribution in [0, 0.1) is 5.92 Å². The Labute approximate surface area is 62.0 Å². The van der Waals surface area contributed by atoms with Crippen molar-refractivity contribution < 1.29 is 4.79 Å². The minimum atomic E-state index is 0.787. The first-order chi connectivity index (χ1) is 4.93. The third-order valence-electron chi connectivity index (χ3n) is 2.26. The molecule has 2 heteroatoms. The van der Waals surface area contributed by atoms with Crippen molar-refractivity contribution in [3.63, 3.8) is 0 Å². The fourth-order valence-electron chi connectivity index (χ4n) is 1.65. The summed E-state index contributed by atoms with van der Waals surface area (Å²) in [5, 5.41) is 2.69. The molecule has 0 aromatic heterocycles. The van der Waals surface area contributed by atoms with E-state index < -0.39 is 0 Å². The molecular weight excluding hydrogens is 126 g/mol. The lowest BCUT2D eigenvalue weighted by Gasteiger charge is -2.06. The zero-order valence-electron chi connectivity index (χ0n) is 6.31. The quantitative estimate of drug-likeness (QED) is 0.464. The Balaban J connectivity index is 1.96. The lowest BCUT2D eigenvalue weighted by atomic mass is 10.0. The van der Waals surface area contributed by atoms with Gasteiger partial charge in [-0.15, -0.1) is 0 Å². The molecule has 0 saturated heterocycles. The molecule has 0 unspecified atom stereocenters. The number of amides is 1. The summed E-state index contributed by atoms with van der Waals surface area (Å²) in [7, 11) is 0. The molecule has 1 rings (SSSR count). The molecule has 2 nitrogen and oxygen atoms in total. The molecule has 0 aromatic carbocycles. The molecule has 0 aliphatic heterocycles. The third kappa shape index (κ3) is 2.38. The highest BCUT2D eigenvalue weighted by molar-refractivity contribution is 5.45. The van der Waals surface area contributed by atoms with E-state index in [9.17, 15) is 4.79 Å². The minimum absolute atomic E-state index is 0.787. The Bertz CT molecular complexity index is 97.4. The van der Waals surface area contributed by atoms with Crippen LogP contribution in [0.25, 0.3) is 0 Å². The van der Waals surface area contributed by atoms with Gasteiger partial charge in [-0.25, -0.2) is 0 Å². The molecule has 0 atom stereocenters. The van der Waals surface area contributed by atoms with Gasteiger partial charge in [0.1, 0.15) is 0 Å². The summed E-state index contributed by atoms with van der Waals surface area (Å²) in [5.41, 5.74) is 0. The second-order valence-electron chi connectivity index (χ2n) is 3.01. The van der Waals surface area contributed by atoms with Crippen molar-refractivity contribution in [2.45, 2.75) is 32.1 Å². The van der Waals surface area contributed by atoms with Crippen LogP contribution >= 0.6 is 0 Å². The first-order valence-electron chi connectivity index (χ1n) is 4.10. The molecule has 1 fully saturated rings. The van der Waals surface area contributed by atoms with Crippen molar-refractivity contribution >= 4 is 6.41 Å². The van der Waals surface area contributed by atoms with Gasteiger partial charge in [-0.2, -0.15) is 0 Å². The predicted molar refractivity (Wildman–Crippen MR) is 40.6 cm³/mol. The number of carbonyl (C=O) groups excluding carboxylic acids is 1. The molecule has 1 aliphatic carbocycles. The topological polar surface area (TPSA) is 29.1 Å². The molecule has 10 heavy (non-hydrogen) atoms. The summed E-state index contributed by atoms with van der Waals surface area (Å²) >= 11 is 0. The minimum Gasteiger partial charge on any atom is -0.359 e. The van der Waals surface area contributed by atoms with E-state index in [1.165, 1.54) is 32.1 Å². The molecule has 58 valence electrons. The molecule has 0 aromatic rings. The van der Waals surface area contributed by atoms with E-state index in [0.717, 1.165) is 18.9 Å². The number of rotatable bonds is 4. The fraction of sp³-hybridized carbons (Fsp3) is 0.875. The Hall–Kier alpha value is -0.530. The molecule has 1 N–H and O–H groups in total. The molecular formula is C8H15NO. The highest BCUT2D eigenvalue weighted by Gasteiger charge is 2.13. The van der Waals surface area contributed by atoms with E-state index in [1.54, 1.807) is 0 Å². The van der Waals surface area contributed by atoms with Gasteiger partial charge in [0.05, 0.1) is 0 Å². The summed E-state index contributed by atoms with van der Waals surface area (Å²) in [6.07, 6.45) is 7.51. The fourth-order valence-corrected chi connectivity index (χ4v) is 1.65. The van der Waals surface area contributed by atoms with Gasteiger partial charge in [-0.3, -0.25) is 4.79 Å². The van der Waals surface area contributed by atoms with Crippen molar-refractivity contribution in [2.24, 2.45) is 5.92 Å². The lowest BCUT2D eigenvalue weighted by Crippen LogP contribution is -2.14. The van der Waals surface area contributed by atoms with Gasteiger partial charge >= 0.3 is 0 Å². The van der Waals surface area contributed by atoms with Gasteiger partial charge < -0.3 is 5.32 Å². The van der Waals surface area contributed by atoms with Crippen LogP contribution in [0.1, 0.15) is 32.1 Å². The van der Waals surface area contributed by atoms with E-state index in [1.807, 2.05) is 0 Å². The zero-order valence-corrected chi connectivity index (χ0v) is 6.31. The molecule has 0 bridgehead atoms. The summed E-state index contributed by atoms with van der Waals surface area (Å²) in [6, 6.07) is 0. The van der Waals surface area contributed by atoms with E-state index in [4.69, 9.17) is 0 Å². The van der Waals surface area contributed by atoms with Crippen LogP contribution in [0.15, 0.2) is 0 Å². The van der Waals surface area contributed by atoms with Crippen molar-refractivity contribution in [1.82, 2.24) is 5.32 Å². The highest BCUT2D eigenvalue weighted by Crippen LogP contribution is 2.26. The number of carbonyl (C=O) groups is 1. The van der Waals surface area contributed by atoms with Gasteiger partial charge in [-0.1, -0.05) is 25.7 Å². The molecule has 1 amide bonds. The maximum Gasteiger partial charge on any atom is 0.207 e. The standard InChI is InChI=1S/C8H15NO/c10-7-9-6-5-8-3-1-2-4-8/h7-8H,1-6H2,(H,9,10). The average molecular weight is 141 g/mol. The van der Waals surface area contributed by atoms with Crippen LogP contribution in [-0.2, 0) is 4.79 Å². The van der Waals surface area contributed by atoms with E-state index >= 15 is 0 Å². The first kappa shape index (κ1) is 7.58. The van der Waals surface area contributed by atoms with Crippen LogP contribution in [0.3, 0.4) is 0 Å². The van der Waals surface area contributed by atoms with Gasteiger partial charge in [0.15, 0.2) is 0 Å². The van der Waals surface area contributed by atoms with Gasteiger partial charge in [-0.05, 0) is 12.3 Å². The second-order valence-corrected chi connectivity index (χ2v) is 3.01. The monoisotopic (exact) mass is 141 g/mol. The van der Waals surface area contributed by atoms with E-state index in [-0.39, 0.29) is 0 Å². The normalized spacial score (nSPS) is 19.2. The smallest absolute Gasteiger partial charge is 0.207 e. The summed E-state index contributed by atoms with van der Waals surface area (Å²) in [4.78, 5) is 9.87. The number of hydrogen-bond acceptors (Lipinski definition) is 1. The largest absolute Gasteiger partial charge is 0.359 e. The maximum atomic E-state index is 9.87. The van der Waals surface area contributed by atoms with E-state index in [2.05, 4.69) is 5.32 Å². The van der Waals surface area contributed by atoms with Crippen LogP contribution in [-0.4, -0.2) is 13.0 Å². The van der Waals surface area contributed by atoms with Gasteiger partial charge in [0, 0.05) is 6.54 Å². The van der Waals surface area contributed by atoms with Crippen LogP contribution in [0.5, 0.6) is 0 Å². The van der Waals surface area contributed by atoms with Crippen LogP contribution < -0.4 is 5.32 Å². The van der Waals surface area contributed by atoms with Gasteiger partial charge in [0.2, 0.25) is 6.41 Å². The Morgan fingerprint density at radius 1 is 1.40 bits per heavy atom. The number of hydrogen-bond donors (Lipinski definition) is 1. The van der Waals surface area contributed by atoms with Crippen LogP contribution in [0.4, 0.5) is 0 Å². The third-order valence-corrected chi connectivity index (χ3v) is 2.26. The molecule has 0 spiro atoms. The van der Waals surface area contributed by atoms with E-state index in [0.29, 0.717) is 0 Å². The Kier molecular flexibility index (Phi) is 3.27. The molecule has 1 aliphatic rings. The van der Waals surface area contributed by atoms with Crippen molar-refractivity contribution in [3.8, 4) is 0 Å². The average Bonchev–Trinajstić information content (AvgIpc) is 2.41. The van der Waals surface area contributed by atoms with Gasteiger partial charge in [0.25, 0.3) is 0 Å². The van der Waals surface area contributed by atoms with Crippen LogP contribution in [0.2, 0.25) is 0 Å². The predicted octanol–water partition coefficient (Wildman–Crippen LogP) is 1.31. The summed E-state index contributed by atoms with van der Waals surface area (Å²) < 4.78 is 0. The Morgan fingerprint density at radius 2 is 2.10 bits per heavy atom. The highest BCUT2D eigenvalue weighted by atomic mass is 16.1. The summed E-state index contributed by atoms with van der Waals surface area (Å²) in [6.45, 7) is 0.869.